The van der Waals surface area contributed by atoms with Crippen LogP contribution in [-0.2, 0) is 16.8 Å². The van der Waals surface area contributed by atoms with E-state index in [2.05, 4.69) is 25.0 Å². The minimum absolute atomic E-state index is 0.0268. The third-order valence-corrected chi connectivity index (χ3v) is 8.29. The molecule has 1 aliphatic heterocycles. The van der Waals surface area contributed by atoms with Crippen LogP contribution in [0.3, 0.4) is 0 Å². The first-order valence-corrected chi connectivity index (χ1v) is 12.9. The first-order valence-electron chi connectivity index (χ1n) is 12.1. The predicted octanol–water partition coefficient (Wildman–Crippen LogP) is 4.69. The fourth-order valence-corrected chi connectivity index (χ4v) is 6.32. The minimum atomic E-state index is -4.20. The maximum absolute atomic E-state index is 13.5. The van der Waals surface area contributed by atoms with E-state index in [1.165, 1.54) is 0 Å². The highest BCUT2D eigenvalue weighted by Gasteiger charge is 2.46. The normalized spacial score (nSPS) is 21.4. The second-order valence-electron chi connectivity index (χ2n) is 9.73. The molecule has 1 aromatic carbocycles. The number of nitrogens with one attached hydrogen (secondary N) is 2. The number of H-pyrrole nitrogens is 1. The molecular formula is C25H23F3N4O4S. The lowest BCUT2D eigenvalue weighted by Gasteiger charge is -2.37. The number of hydrogen-bond acceptors (Lipinski definition) is 7. The van der Waals surface area contributed by atoms with Crippen LogP contribution in [0.5, 0.6) is 5.75 Å². The Morgan fingerprint density at radius 3 is 2.81 bits per heavy atom. The molecule has 0 radical (unpaired) electrons. The first kappa shape index (κ1) is 24.0. The highest BCUT2D eigenvalue weighted by atomic mass is 32.1. The van der Waals surface area contributed by atoms with Gasteiger partial charge in [-0.25, -0.2) is 9.78 Å². The summed E-state index contributed by atoms with van der Waals surface area (Å²) < 4.78 is 47.5. The molecule has 2 aliphatic carbocycles. The minimum Gasteiger partial charge on any atom is -0.494 e. The van der Waals surface area contributed by atoms with Gasteiger partial charge in [0.05, 0.1) is 27.6 Å². The fourth-order valence-electron chi connectivity index (χ4n) is 5.19. The van der Waals surface area contributed by atoms with Gasteiger partial charge in [0.2, 0.25) is 0 Å². The van der Waals surface area contributed by atoms with Crippen molar-refractivity contribution in [2.45, 2.75) is 62.6 Å². The topological polar surface area (TPSA) is 110 Å². The van der Waals surface area contributed by atoms with Gasteiger partial charge in [-0.2, -0.15) is 13.2 Å². The molecule has 2 aromatic heterocycles. The summed E-state index contributed by atoms with van der Waals surface area (Å²) in [5.74, 6) is -0.0648. The number of rotatable bonds is 7. The van der Waals surface area contributed by atoms with Gasteiger partial charge in [-0.05, 0) is 60.9 Å². The van der Waals surface area contributed by atoms with E-state index in [-0.39, 0.29) is 30.3 Å². The summed E-state index contributed by atoms with van der Waals surface area (Å²) in [4.78, 5) is 33.1. The Labute approximate surface area is 212 Å². The third-order valence-electron chi connectivity index (χ3n) is 7.07. The van der Waals surface area contributed by atoms with E-state index in [1.807, 2.05) is 12.1 Å². The molecule has 3 aliphatic rings. The molecule has 2 N–H and O–H groups in total. The summed E-state index contributed by atoms with van der Waals surface area (Å²) in [6.45, 7) is -0.0268. The lowest BCUT2D eigenvalue weighted by atomic mass is 9.79. The number of fused-ring (bicyclic) bond motifs is 2. The van der Waals surface area contributed by atoms with Crippen LogP contribution in [0.25, 0.3) is 11.1 Å². The summed E-state index contributed by atoms with van der Waals surface area (Å²) in [5.41, 5.74) is 2.27. The molecule has 6 rings (SSSR count). The average molecular weight is 533 g/mol. The number of aromatic amines is 1. The third kappa shape index (κ3) is 4.70. The van der Waals surface area contributed by atoms with Crippen molar-refractivity contribution in [3.8, 4) is 5.75 Å². The Morgan fingerprint density at radius 2 is 2.08 bits per heavy atom. The monoisotopic (exact) mass is 532 g/mol. The molecule has 1 saturated carbocycles. The zero-order valence-corrected chi connectivity index (χ0v) is 20.4. The summed E-state index contributed by atoms with van der Waals surface area (Å²) in [6.07, 6.45) is 0.580. The number of halogens is 3. The fraction of sp³-hybridized carbons (Fsp3) is 0.440. The Hall–Kier alpha value is -3.41. The van der Waals surface area contributed by atoms with Gasteiger partial charge >= 0.3 is 11.9 Å². The Morgan fingerprint density at radius 1 is 1.24 bits per heavy atom. The van der Waals surface area contributed by atoms with Crippen molar-refractivity contribution in [1.29, 1.82) is 0 Å². The van der Waals surface area contributed by atoms with Crippen LogP contribution < -0.4 is 15.8 Å². The molecule has 1 atom stereocenters. The van der Waals surface area contributed by atoms with E-state index >= 15 is 0 Å². The van der Waals surface area contributed by atoms with Gasteiger partial charge in [-0.3, -0.25) is 14.3 Å². The number of carbonyl (C=O) groups is 1. The number of aromatic nitrogens is 3. The Balaban J connectivity index is 1.31. The van der Waals surface area contributed by atoms with Crippen LogP contribution in [0.15, 0.2) is 33.7 Å². The standard InChI is InChI=1S/C25H23F3N4O4S/c26-25(27,28)7-1-9-35-15-4-5-17-14(10-15)6-8-24(17)11-16(18-12-29-22(37-18)13-2-3-13)19(21(33)31-24)20-30-23(34)36-32-20/h4-5,10,12-13H,1-3,6-9,11H2,(H,31,33)(H,30,32,34)/t24-/m0/s1. The number of hydrogen-bond donors (Lipinski definition) is 2. The van der Waals surface area contributed by atoms with Crippen LogP contribution in [0.2, 0.25) is 0 Å². The molecule has 1 amide bonds. The molecule has 194 valence electrons. The maximum Gasteiger partial charge on any atom is 0.439 e. The number of alkyl halides is 3. The smallest absolute Gasteiger partial charge is 0.439 e. The quantitative estimate of drug-likeness (QED) is 0.427. The van der Waals surface area contributed by atoms with E-state index in [4.69, 9.17) is 4.74 Å². The Kier molecular flexibility index (Phi) is 5.74. The van der Waals surface area contributed by atoms with Gasteiger partial charge in [0, 0.05) is 25.0 Å². The van der Waals surface area contributed by atoms with Crippen LogP contribution in [0.4, 0.5) is 13.2 Å². The van der Waals surface area contributed by atoms with Gasteiger partial charge in [0.15, 0.2) is 5.82 Å². The van der Waals surface area contributed by atoms with Crippen LogP contribution in [-0.4, -0.2) is 33.8 Å². The molecular weight excluding hydrogens is 509 g/mol. The second kappa shape index (κ2) is 8.86. The van der Waals surface area contributed by atoms with Crippen LogP contribution in [0.1, 0.15) is 71.3 Å². The number of carbonyl (C=O) groups excluding carboxylic acids is 1. The molecule has 0 saturated heterocycles. The maximum atomic E-state index is 13.5. The van der Waals surface area contributed by atoms with E-state index in [9.17, 15) is 22.8 Å². The first-order chi connectivity index (χ1) is 17.7. The summed E-state index contributed by atoms with van der Waals surface area (Å²) in [7, 11) is 0. The molecule has 8 nitrogen and oxygen atoms in total. The van der Waals surface area contributed by atoms with Gasteiger partial charge in [0.1, 0.15) is 5.75 Å². The van der Waals surface area contributed by atoms with E-state index in [1.54, 1.807) is 23.6 Å². The summed E-state index contributed by atoms with van der Waals surface area (Å²) in [6, 6.07) is 5.46. The summed E-state index contributed by atoms with van der Waals surface area (Å²) >= 11 is 1.56. The van der Waals surface area contributed by atoms with Crippen molar-refractivity contribution in [3.63, 3.8) is 0 Å². The van der Waals surface area contributed by atoms with Crippen molar-refractivity contribution in [2.75, 3.05) is 6.61 Å². The molecule has 1 fully saturated rings. The van der Waals surface area contributed by atoms with E-state index in [0.717, 1.165) is 39.4 Å². The van der Waals surface area contributed by atoms with E-state index in [0.29, 0.717) is 30.9 Å². The van der Waals surface area contributed by atoms with Crippen molar-refractivity contribution in [3.05, 3.63) is 61.8 Å². The predicted molar refractivity (Wildman–Crippen MR) is 128 cm³/mol. The van der Waals surface area contributed by atoms with Gasteiger partial charge in [-0.1, -0.05) is 11.2 Å². The number of benzene rings is 1. The van der Waals surface area contributed by atoms with Crippen LogP contribution >= 0.6 is 11.3 Å². The van der Waals surface area contributed by atoms with Crippen molar-refractivity contribution < 1.29 is 27.2 Å². The molecule has 1 spiro atoms. The highest BCUT2D eigenvalue weighted by Crippen LogP contribution is 2.50. The zero-order chi connectivity index (χ0) is 25.8. The molecule has 0 unspecified atom stereocenters. The van der Waals surface area contributed by atoms with Crippen LogP contribution in [0, 0.1) is 0 Å². The lowest BCUT2D eigenvalue weighted by molar-refractivity contribution is -0.136. The Bertz CT molecular complexity index is 1450. The molecule has 12 heteroatoms. The second-order valence-corrected chi connectivity index (χ2v) is 10.8. The van der Waals surface area contributed by atoms with Gasteiger partial charge in [-0.15, -0.1) is 11.3 Å². The number of nitrogens with zero attached hydrogens (tertiary/aromatic N) is 2. The SMILES string of the molecule is O=C1N[C@@]2(CCc3cc(OCCCC(F)(F)F)ccc32)CC(c2cnc(C3CC3)s2)=C1c1noc(=O)[nH]1. The molecule has 3 aromatic rings. The van der Waals surface area contributed by atoms with Gasteiger partial charge in [0.25, 0.3) is 5.91 Å². The lowest BCUT2D eigenvalue weighted by Crippen LogP contribution is -2.48. The number of ether oxygens (including phenoxy) is 1. The summed E-state index contributed by atoms with van der Waals surface area (Å²) in [5, 5.41) is 7.97. The van der Waals surface area contributed by atoms with Crippen molar-refractivity contribution >= 4 is 28.4 Å². The molecule has 37 heavy (non-hydrogen) atoms. The number of thiazole rings is 1. The molecule has 3 heterocycles. The highest BCUT2D eigenvalue weighted by molar-refractivity contribution is 7.13. The number of aryl methyl sites for hydroxylation is 1. The average Bonchev–Trinajstić information content (AvgIpc) is 3.26. The molecule has 0 bridgehead atoms. The van der Waals surface area contributed by atoms with Gasteiger partial charge < -0.3 is 10.1 Å². The van der Waals surface area contributed by atoms with Crippen molar-refractivity contribution in [1.82, 2.24) is 20.4 Å². The largest absolute Gasteiger partial charge is 0.494 e. The van der Waals surface area contributed by atoms with E-state index < -0.39 is 23.9 Å². The van der Waals surface area contributed by atoms with Crippen molar-refractivity contribution in [2.24, 2.45) is 0 Å². The number of amides is 1. The zero-order valence-electron chi connectivity index (χ0n) is 19.6.